The first kappa shape index (κ1) is 18.7. The maximum Gasteiger partial charge on any atom is 0.242 e. The molecule has 2 aromatic carbocycles. The molecule has 140 valence electrons. The van der Waals surface area contributed by atoms with Crippen LogP contribution in [0.25, 0.3) is 11.3 Å². The Hall–Kier alpha value is -3.06. The lowest BCUT2D eigenvalue weighted by Crippen LogP contribution is -2.36. The molecule has 0 bridgehead atoms. The summed E-state index contributed by atoms with van der Waals surface area (Å²) in [4.78, 5) is 14.3. The van der Waals surface area contributed by atoms with E-state index in [0.717, 1.165) is 0 Å². The molecule has 1 N–H and O–H groups in total. The van der Waals surface area contributed by atoms with Crippen molar-refractivity contribution >= 4 is 5.91 Å². The van der Waals surface area contributed by atoms with E-state index in [2.05, 4.69) is 10.5 Å². The Morgan fingerprint density at radius 2 is 1.93 bits per heavy atom. The average Bonchev–Trinajstić information content (AvgIpc) is 3.09. The Morgan fingerprint density at radius 3 is 2.63 bits per heavy atom. The molecule has 7 heteroatoms. The third-order valence-electron chi connectivity index (χ3n) is 4.07. The second kappa shape index (κ2) is 8.09. The zero-order valence-corrected chi connectivity index (χ0v) is 14.9. The van der Waals surface area contributed by atoms with Gasteiger partial charge in [-0.15, -0.1) is 0 Å². The minimum absolute atomic E-state index is 0.0833. The lowest BCUT2D eigenvalue weighted by atomic mass is 10.1. The van der Waals surface area contributed by atoms with Crippen LogP contribution in [0.2, 0.25) is 0 Å². The van der Waals surface area contributed by atoms with Crippen LogP contribution in [0.1, 0.15) is 17.4 Å². The van der Waals surface area contributed by atoms with Gasteiger partial charge in [-0.25, -0.2) is 8.78 Å². The first-order chi connectivity index (χ1) is 13.0. The van der Waals surface area contributed by atoms with Gasteiger partial charge < -0.3 is 9.84 Å². The Balaban J connectivity index is 1.70. The molecule has 0 aliphatic carbocycles. The van der Waals surface area contributed by atoms with Crippen LogP contribution in [0.4, 0.5) is 8.78 Å². The molecule has 5 nitrogen and oxygen atoms in total. The van der Waals surface area contributed by atoms with Crippen molar-refractivity contribution in [3.05, 3.63) is 77.6 Å². The smallest absolute Gasteiger partial charge is 0.242 e. The Kier molecular flexibility index (Phi) is 5.61. The number of carbonyl (C=O) groups excluding carboxylic acids is 1. The molecular formula is C20H19F2N3O2. The van der Waals surface area contributed by atoms with Gasteiger partial charge in [0.05, 0.1) is 6.54 Å². The van der Waals surface area contributed by atoms with Gasteiger partial charge in [0, 0.05) is 11.6 Å². The fourth-order valence-electron chi connectivity index (χ4n) is 2.82. The number of aromatic nitrogens is 1. The summed E-state index contributed by atoms with van der Waals surface area (Å²) in [7, 11) is 3.47. The van der Waals surface area contributed by atoms with E-state index in [0.29, 0.717) is 22.6 Å². The number of rotatable bonds is 6. The van der Waals surface area contributed by atoms with E-state index in [-0.39, 0.29) is 12.5 Å². The number of nitrogens with zero attached hydrogens (tertiary/aromatic N) is 2. The quantitative estimate of drug-likeness (QED) is 0.720. The fourth-order valence-corrected chi connectivity index (χ4v) is 2.82. The first-order valence-corrected chi connectivity index (χ1v) is 8.36. The highest BCUT2D eigenvalue weighted by molar-refractivity contribution is 5.83. The van der Waals surface area contributed by atoms with E-state index in [1.807, 2.05) is 0 Å². The van der Waals surface area contributed by atoms with Crippen LogP contribution in [0.15, 0.2) is 59.1 Å². The van der Waals surface area contributed by atoms with Crippen molar-refractivity contribution in [3.8, 4) is 11.3 Å². The molecule has 0 radical (unpaired) electrons. The van der Waals surface area contributed by atoms with Crippen molar-refractivity contribution < 1.29 is 18.1 Å². The topological polar surface area (TPSA) is 58.4 Å². The van der Waals surface area contributed by atoms with E-state index >= 15 is 0 Å². The van der Waals surface area contributed by atoms with Crippen LogP contribution in [0.5, 0.6) is 0 Å². The molecule has 3 rings (SSSR count). The van der Waals surface area contributed by atoms with Crippen molar-refractivity contribution in [2.45, 2.75) is 12.6 Å². The van der Waals surface area contributed by atoms with Crippen LogP contribution in [-0.4, -0.2) is 30.1 Å². The molecule has 0 saturated carbocycles. The number of benzene rings is 2. The number of halogens is 2. The maximum absolute atomic E-state index is 13.8. The second-order valence-corrected chi connectivity index (χ2v) is 6.30. The highest BCUT2D eigenvalue weighted by Gasteiger charge is 2.23. The van der Waals surface area contributed by atoms with E-state index in [4.69, 9.17) is 4.52 Å². The summed E-state index contributed by atoms with van der Waals surface area (Å²) in [6.07, 6.45) is 0. The molecule has 1 amide bonds. The molecule has 0 spiro atoms. The summed E-state index contributed by atoms with van der Waals surface area (Å²) < 4.78 is 32.5. The molecule has 1 heterocycles. The number of carbonyl (C=O) groups is 1. The standard InChI is InChI=1S/C20H19F2N3O2/c1-25(2)19(13-6-5-7-14(21)10-13)20(26)23-12-15-11-18(24-27-15)16-8-3-4-9-17(16)22/h3-11,19H,12H2,1-2H3,(H,23,26)/t19-/m1/s1. The molecule has 0 unspecified atom stereocenters. The van der Waals surface area contributed by atoms with Crippen molar-refractivity contribution in [1.29, 1.82) is 0 Å². The van der Waals surface area contributed by atoms with E-state index in [1.165, 1.54) is 18.2 Å². The summed E-state index contributed by atoms with van der Waals surface area (Å²) >= 11 is 0. The van der Waals surface area contributed by atoms with Crippen LogP contribution in [0, 0.1) is 11.6 Å². The molecule has 0 aliphatic heterocycles. The third-order valence-corrected chi connectivity index (χ3v) is 4.07. The molecule has 0 fully saturated rings. The summed E-state index contributed by atoms with van der Waals surface area (Å²) in [6, 6.07) is 13.1. The van der Waals surface area contributed by atoms with Gasteiger partial charge in [-0.1, -0.05) is 29.4 Å². The average molecular weight is 371 g/mol. The lowest BCUT2D eigenvalue weighted by molar-refractivity contribution is -0.126. The van der Waals surface area contributed by atoms with Crippen molar-refractivity contribution in [3.63, 3.8) is 0 Å². The highest BCUT2D eigenvalue weighted by Crippen LogP contribution is 2.23. The Morgan fingerprint density at radius 1 is 1.15 bits per heavy atom. The molecule has 3 aromatic rings. The maximum atomic E-state index is 13.8. The highest BCUT2D eigenvalue weighted by atomic mass is 19.1. The number of hydrogen-bond donors (Lipinski definition) is 1. The van der Waals surface area contributed by atoms with Crippen molar-refractivity contribution in [2.24, 2.45) is 0 Å². The van der Waals surface area contributed by atoms with Crippen LogP contribution in [0.3, 0.4) is 0 Å². The largest absolute Gasteiger partial charge is 0.359 e. The van der Waals surface area contributed by atoms with Crippen LogP contribution < -0.4 is 5.32 Å². The van der Waals surface area contributed by atoms with E-state index in [9.17, 15) is 13.6 Å². The van der Waals surface area contributed by atoms with Gasteiger partial charge >= 0.3 is 0 Å². The zero-order valence-electron chi connectivity index (χ0n) is 14.9. The summed E-state index contributed by atoms with van der Waals surface area (Å²) in [6.45, 7) is 0.0833. The third kappa shape index (κ3) is 4.38. The molecule has 1 aromatic heterocycles. The van der Waals surface area contributed by atoms with Crippen molar-refractivity contribution in [1.82, 2.24) is 15.4 Å². The SMILES string of the molecule is CN(C)[C@@H](C(=O)NCc1cc(-c2ccccc2F)no1)c1cccc(F)c1. The minimum Gasteiger partial charge on any atom is -0.359 e. The summed E-state index contributed by atoms with van der Waals surface area (Å²) in [5.41, 5.74) is 1.22. The van der Waals surface area contributed by atoms with Crippen molar-refractivity contribution in [2.75, 3.05) is 14.1 Å². The molecule has 0 aliphatic rings. The van der Waals surface area contributed by atoms with E-state index in [1.54, 1.807) is 55.4 Å². The van der Waals surface area contributed by atoms with Gasteiger partial charge in [0.25, 0.3) is 0 Å². The summed E-state index contributed by atoms with van der Waals surface area (Å²) in [5, 5.41) is 6.60. The lowest BCUT2D eigenvalue weighted by Gasteiger charge is -2.23. The van der Waals surface area contributed by atoms with Crippen LogP contribution in [-0.2, 0) is 11.3 Å². The van der Waals surface area contributed by atoms with Gasteiger partial charge in [0.2, 0.25) is 5.91 Å². The first-order valence-electron chi connectivity index (χ1n) is 8.36. The Labute approximate surface area is 155 Å². The van der Waals surface area contributed by atoms with E-state index < -0.39 is 17.7 Å². The molecular weight excluding hydrogens is 352 g/mol. The molecule has 0 saturated heterocycles. The molecule has 27 heavy (non-hydrogen) atoms. The number of amides is 1. The second-order valence-electron chi connectivity index (χ2n) is 6.30. The molecule has 1 atom stereocenters. The van der Waals surface area contributed by atoms with Gasteiger partial charge in [-0.05, 0) is 43.9 Å². The number of likely N-dealkylation sites (N-methyl/N-ethyl adjacent to an activating group) is 1. The predicted octanol–water partition coefficient (Wildman–Crippen LogP) is 3.54. The normalized spacial score (nSPS) is 12.2. The predicted molar refractivity (Wildman–Crippen MR) is 96.6 cm³/mol. The fraction of sp³-hybridized carbons (Fsp3) is 0.200. The summed E-state index contributed by atoms with van der Waals surface area (Å²) in [5.74, 6) is -0.732. The number of nitrogens with one attached hydrogen (secondary N) is 1. The van der Waals surface area contributed by atoms with Crippen LogP contribution >= 0.6 is 0 Å². The minimum atomic E-state index is -0.658. The van der Waals surface area contributed by atoms with Gasteiger partial charge in [0.15, 0.2) is 5.76 Å². The zero-order chi connectivity index (χ0) is 19.4. The van der Waals surface area contributed by atoms with Gasteiger partial charge in [0.1, 0.15) is 23.4 Å². The monoisotopic (exact) mass is 371 g/mol. The van der Waals surface area contributed by atoms with Gasteiger partial charge in [-0.2, -0.15) is 0 Å². The number of hydrogen-bond acceptors (Lipinski definition) is 4. The Bertz CT molecular complexity index is 940. The van der Waals surface area contributed by atoms with Gasteiger partial charge in [-0.3, -0.25) is 9.69 Å².